The van der Waals surface area contributed by atoms with Gasteiger partial charge in [0.25, 0.3) is 0 Å². The minimum absolute atomic E-state index is 0. The zero-order valence-corrected chi connectivity index (χ0v) is 7.60. The Morgan fingerprint density at radius 3 is 2.92 bits per heavy atom. The number of carbonyl (C=O) groups is 1. The molecule has 1 aliphatic heterocycles. The second kappa shape index (κ2) is 6.22. The van der Waals surface area contributed by atoms with E-state index >= 15 is 0 Å². The molecule has 1 fully saturated rings. The Morgan fingerprint density at radius 2 is 2.42 bits per heavy atom. The van der Waals surface area contributed by atoms with E-state index in [4.69, 9.17) is 9.84 Å². The standard InChI is InChI=1S/C7H13NO3.ClH/c9-7(10)5-11-6-2-1-3-8-4-6;/h6,8H,1-5H2,(H,9,10);1H. The molecule has 0 radical (unpaired) electrons. The third-order valence-electron chi connectivity index (χ3n) is 1.69. The molecule has 1 saturated heterocycles. The van der Waals surface area contributed by atoms with Crippen molar-refractivity contribution in [2.24, 2.45) is 0 Å². The molecule has 0 aromatic carbocycles. The van der Waals surface area contributed by atoms with Crippen molar-refractivity contribution in [3.63, 3.8) is 0 Å². The fourth-order valence-corrected chi connectivity index (χ4v) is 1.15. The summed E-state index contributed by atoms with van der Waals surface area (Å²) in [5.74, 6) is -0.893. The van der Waals surface area contributed by atoms with Gasteiger partial charge in [0.15, 0.2) is 0 Å². The first-order chi connectivity index (χ1) is 5.29. The van der Waals surface area contributed by atoms with Crippen LogP contribution in [0.1, 0.15) is 12.8 Å². The van der Waals surface area contributed by atoms with E-state index in [1.54, 1.807) is 0 Å². The Balaban J connectivity index is 0.00000121. The van der Waals surface area contributed by atoms with Gasteiger partial charge in [-0.2, -0.15) is 0 Å². The Hall–Kier alpha value is -0.320. The van der Waals surface area contributed by atoms with Gasteiger partial charge in [0.1, 0.15) is 6.61 Å². The monoisotopic (exact) mass is 195 g/mol. The molecule has 1 rings (SSSR count). The summed E-state index contributed by atoms with van der Waals surface area (Å²) in [6.45, 7) is 1.63. The molecule has 0 aromatic rings. The Morgan fingerprint density at radius 1 is 1.67 bits per heavy atom. The number of hydrogen-bond donors (Lipinski definition) is 2. The summed E-state index contributed by atoms with van der Waals surface area (Å²) in [7, 11) is 0. The predicted octanol–water partition coefficient (Wildman–Crippen LogP) is 0.261. The van der Waals surface area contributed by atoms with Crippen LogP contribution in [0.3, 0.4) is 0 Å². The molecule has 0 spiro atoms. The third-order valence-corrected chi connectivity index (χ3v) is 1.69. The number of aliphatic carboxylic acids is 1. The van der Waals surface area contributed by atoms with E-state index in [1.165, 1.54) is 0 Å². The first-order valence-corrected chi connectivity index (χ1v) is 3.83. The zero-order valence-electron chi connectivity index (χ0n) is 6.78. The van der Waals surface area contributed by atoms with E-state index in [9.17, 15) is 4.79 Å². The van der Waals surface area contributed by atoms with Gasteiger partial charge in [0, 0.05) is 6.54 Å². The second-order valence-electron chi connectivity index (χ2n) is 2.67. The van der Waals surface area contributed by atoms with Crippen LogP contribution < -0.4 is 5.32 Å². The molecule has 2 N–H and O–H groups in total. The number of rotatable bonds is 3. The van der Waals surface area contributed by atoms with Crippen molar-refractivity contribution in [3.8, 4) is 0 Å². The average Bonchev–Trinajstić information content (AvgIpc) is 2.03. The predicted molar refractivity (Wildman–Crippen MR) is 46.7 cm³/mol. The van der Waals surface area contributed by atoms with Gasteiger partial charge in [-0.05, 0) is 19.4 Å². The number of hydrogen-bond acceptors (Lipinski definition) is 3. The van der Waals surface area contributed by atoms with Gasteiger partial charge in [-0.1, -0.05) is 0 Å². The molecule has 0 amide bonds. The third kappa shape index (κ3) is 4.54. The molecule has 1 heterocycles. The molecular formula is C7H14ClNO3. The van der Waals surface area contributed by atoms with Crippen LogP contribution in [0, 0.1) is 0 Å². The molecule has 72 valence electrons. The highest BCUT2D eigenvalue weighted by Gasteiger charge is 2.13. The van der Waals surface area contributed by atoms with Crippen molar-refractivity contribution < 1.29 is 14.6 Å². The Kier molecular flexibility index (Phi) is 6.06. The van der Waals surface area contributed by atoms with Crippen molar-refractivity contribution >= 4 is 18.4 Å². The van der Waals surface area contributed by atoms with Crippen LogP contribution in [0.15, 0.2) is 0 Å². The number of carboxylic acid groups (broad SMARTS) is 1. The molecule has 5 heteroatoms. The minimum atomic E-state index is -0.893. The number of halogens is 1. The van der Waals surface area contributed by atoms with Crippen LogP contribution in [-0.4, -0.2) is 36.9 Å². The SMILES string of the molecule is Cl.O=C(O)COC1CCCNC1. The summed E-state index contributed by atoms with van der Waals surface area (Å²) in [4.78, 5) is 10.1. The van der Waals surface area contributed by atoms with Crippen molar-refractivity contribution in [2.45, 2.75) is 18.9 Å². The van der Waals surface area contributed by atoms with Crippen LogP contribution in [0.5, 0.6) is 0 Å². The van der Waals surface area contributed by atoms with Crippen LogP contribution in [0.2, 0.25) is 0 Å². The van der Waals surface area contributed by atoms with Gasteiger partial charge in [-0.3, -0.25) is 0 Å². The van der Waals surface area contributed by atoms with Crippen LogP contribution in [-0.2, 0) is 9.53 Å². The number of piperidine rings is 1. The van der Waals surface area contributed by atoms with E-state index in [-0.39, 0.29) is 25.1 Å². The Bertz CT molecular complexity index is 137. The molecule has 1 aliphatic rings. The summed E-state index contributed by atoms with van der Waals surface area (Å²) in [5, 5.41) is 11.4. The highest BCUT2D eigenvalue weighted by Crippen LogP contribution is 2.04. The maximum atomic E-state index is 10.1. The van der Waals surface area contributed by atoms with Crippen molar-refractivity contribution in [2.75, 3.05) is 19.7 Å². The van der Waals surface area contributed by atoms with Gasteiger partial charge in [0.05, 0.1) is 6.10 Å². The van der Waals surface area contributed by atoms with Crippen LogP contribution >= 0.6 is 12.4 Å². The lowest BCUT2D eigenvalue weighted by Crippen LogP contribution is -2.36. The molecule has 1 atom stereocenters. The molecule has 0 aromatic heterocycles. The molecular weight excluding hydrogens is 182 g/mol. The lowest BCUT2D eigenvalue weighted by atomic mass is 10.1. The molecule has 4 nitrogen and oxygen atoms in total. The van der Waals surface area contributed by atoms with Gasteiger partial charge >= 0.3 is 5.97 Å². The Labute approximate surface area is 77.7 Å². The number of carboxylic acids is 1. The van der Waals surface area contributed by atoms with E-state index < -0.39 is 5.97 Å². The van der Waals surface area contributed by atoms with E-state index in [2.05, 4.69) is 5.32 Å². The van der Waals surface area contributed by atoms with Crippen molar-refractivity contribution in [3.05, 3.63) is 0 Å². The lowest BCUT2D eigenvalue weighted by Gasteiger charge is -2.21. The summed E-state index contributed by atoms with van der Waals surface area (Å²) >= 11 is 0. The number of ether oxygens (including phenoxy) is 1. The number of nitrogens with one attached hydrogen (secondary N) is 1. The molecule has 1 unspecified atom stereocenters. The van der Waals surface area contributed by atoms with Gasteiger partial charge in [-0.15, -0.1) is 12.4 Å². The average molecular weight is 196 g/mol. The normalized spacial score (nSPS) is 22.8. The van der Waals surface area contributed by atoms with Gasteiger partial charge < -0.3 is 15.2 Å². The van der Waals surface area contributed by atoms with Crippen LogP contribution in [0.4, 0.5) is 0 Å². The second-order valence-corrected chi connectivity index (χ2v) is 2.67. The molecule has 12 heavy (non-hydrogen) atoms. The fourth-order valence-electron chi connectivity index (χ4n) is 1.15. The summed E-state index contributed by atoms with van der Waals surface area (Å²) < 4.78 is 5.08. The maximum Gasteiger partial charge on any atom is 0.329 e. The molecule has 0 saturated carbocycles. The molecule has 0 aliphatic carbocycles. The maximum absolute atomic E-state index is 10.1. The minimum Gasteiger partial charge on any atom is -0.480 e. The zero-order chi connectivity index (χ0) is 8.10. The summed E-state index contributed by atoms with van der Waals surface area (Å²) in [6.07, 6.45) is 2.14. The van der Waals surface area contributed by atoms with Crippen molar-refractivity contribution in [1.29, 1.82) is 0 Å². The first kappa shape index (κ1) is 11.7. The molecule has 0 bridgehead atoms. The summed E-state index contributed by atoms with van der Waals surface area (Å²) in [6, 6.07) is 0. The van der Waals surface area contributed by atoms with Crippen LogP contribution in [0.25, 0.3) is 0 Å². The van der Waals surface area contributed by atoms with Gasteiger partial charge in [-0.25, -0.2) is 4.79 Å². The largest absolute Gasteiger partial charge is 0.480 e. The summed E-state index contributed by atoms with van der Waals surface area (Å²) in [5.41, 5.74) is 0. The quantitative estimate of drug-likeness (QED) is 0.679. The highest BCUT2D eigenvalue weighted by atomic mass is 35.5. The van der Waals surface area contributed by atoms with E-state index in [0.717, 1.165) is 25.9 Å². The topological polar surface area (TPSA) is 58.6 Å². The van der Waals surface area contributed by atoms with E-state index in [1.807, 2.05) is 0 Å². The smallest absolute Gasteiger partial charge is 0.329 e. The lowest BCUT2D eigenvalue weighted by molar-refractivity contribution is -0.144. The van der Waals surface area contributed by atoms with E-state index in [0.29, 0.717) is 0 Å². The fraction of sp³-hybridized carbons (Fsp3) is 0.857. The van der Waals surface area contributed by atoms with Crippen molar-refractivity contribution in [1.82, 2.24) is 5.32 Å². The first-order valence-electron chi connectivity index (χ1n) is 3.83. The van der Waals surface area contributed by atoms with Gasteiger partial charge in [0.2, 0.25) is 0 Å². The highest BCUT2D eigenvalue weighted by molar-refractivity contribution is 5.85.